The zero-order chi connectivity index (χ0) is 13.3. The molecule has 5 nitrogen and oxygen atoms in total. The molecule has 0 aliphatic rings. The number of nitrogens with one attached hydrogen (secondary N) is 2. The number of methoxy groups -OCH3 is 1. The molecule has 0 saturated carbocycles. The summed E-state index contributed by atoms with van der Waals surface area (Å²) in [5, 5.41) is 5.71. The monoisotopic (exact) mass is 244 g/mol. The third kappa shape index (κ3) is 6.26. The van der Waals surface area contributed by atoms with Crippen molar-refractivity contribution in [2.45, 2.75) is 52.1 Å². The Bertz CT molecular complexity index is 244. The van der Waals surface area contributed by atoms with Gasteiger partial charge in [0.2, 0.25) is 5.91 Å². The van der Waals surface area contributed by atoms with Gasteiger partial charge in [-0.1, -0.05) is 19.8 Å². The van der Waals surface area contributed by atoms with Crippen molar-refractivity contribution in [1.82, 2.24) is 10.6 Å². The minimum absolute atomic E-state index is 0.0992. The highest BCUT2D eigenvalue weighted by Crippen LogP contribution is 2.03. The van der Waals surface area contributed by atoms with Gasteiger partial charge >= 0.3 is 5.97 Å². The Morgan fingerprint density at radius 3 is 2.41 bits per heavy atom. The van der Waals surface area contributed by atoms with E-state index in [1.165, 1.54) is 7.11 Å². The molecule has 5 heteroatoms. The maximum absolute atomic E-state index is 11.5. The minimum atomic E-state index is -0.405. The molecule has 100 valence electrons. The highest BCUT2D eigenvalue weighted by molar-refractivity contribution is 5.83. The standard InChI is InChI=1S/C12H24N2O3/c1-5-7-8-10(12(16)17-4)14-9(3)11(15)13-6-2/h9-10,14H,5-8H2,1-4H3,(H,13,15). The lowest BCUT2D eigenvalue weighted by Gasteiger charge is -2.20. The number of carbonyl (C=O) groups is 2. The van der Waals surface area contributed by atoms with Crippen molar-refractivity contribution in [3.63, 3.8) is 0 Å². The normalized spacial score (nSPS) is 13.9. The summed E-state index contributed by atoms with van der Waals surface area (Å²) in [4.78, 5) is 23.1. The molecule has 0 aromatic carbocycles. The average Bonchev–Trinajstić information content (AvgIpc) is 2.33. The SMILES string of the molecule is CCCCC(NC(C)C(=O)NCC)C(=O)OC. The lowest BCUT2D eigenvalue weighted by atomic mass is 10.1. The summed E-state index contributed by atoms with van der Waals surface area (Å²) in [6.45, 7) is 6.25. The van der Waals surface area contributed by atoms with Crippen molar-refractivity contribution in [3.8, 4) is 0 Å². The summed E-state index contributed by atoms with van der Waals surface area (Å²) < 4.78 is 4.72. The van der Waals surface area contributed by atoms with E-state index in [0.717, 1.165) is 12.8 Å². The molecule has 0 aliphatic heterocycles. The molecule has 0 heterocycles. The van der Waals surface area contributed by atoms with Gasteiger partial charge in [0.05, 0.1) is 13.2 Å². The van der Waals surface area contributed by atoms with E-state index in [-0.39, 0.29) is 11.9 Å². The molecule has 2 unspecified atom stereocenters. The van der Waals surface area contributed by atoms with Crippen LogP contribution in [0.25, 0.3) is 0 Å². The Morgan fingerprint density at radius 1 is 1.29 bits per heavy atom. The summed E-state index contributed by atoms with van der Waals surface area (Å²) in [6, 6.07) is -0.798. The lowest BCUT2D eigenvalue weighted by Crippen LogP contribution is -2.49. The van der Waals surface area contributed by atoms with E-state index < -0.39 is 12.1 Å². The maximum atomic E-state index is 11.5. The summed E-state index contributed by atoms with van der Waals surface area (Å²) in [7, 11) is 1.36. The maximum Gasteiger partial charge on any atom is 0.322 e. The van der Waals surface area contributed by atoms with Crippen LogP contribution in [0.1, 0.15) is 40.0 Å². The molecule has 0 fully saturated rings. The van der Waals surface area contributed by atoms with Crippen molar-refractivity contribution in [1.29, 1.82) is 0 Å². The van der Waals surface area contributed by atoms with Crippen molar-refractivity contribution >= 4 is 11.9 Å². The molecular weight excluding hydrogens is 220 g/mol. The molecule has 0 aliphatic carbocycles. The summed E-state index contributed by atoms with van der Waals surface area (Å²) in [5.41, 5.74) is 0. The number of esters is 1. The number of rotatable bonds is 8. The second kappa shape index (κ2) is 8.98. The Kier molecular flexibility index (Phi) is 8.40. The van der Waals surface area contributed by atoms with Gasteiger partial charge in [-0.05, 0) is 20.3 Å². The largest absolute Gasteiger partial charge is 0.468 e. The second-order valence-corrected chi connectivity index (χ2v) is 4.00. The fourth-order valence-electron chi connectivity index (χ4n) is 1.52. The van der Waals surface area contributed by atoms with Crippen molar-refractivity contribution < 1.29 is 14.3 Å². The molecule has 0 rings (SSSR count). The number of hydrogen-bond acceptors (Lipinski definition) is 4. The number of likely N-dealkylation sites (N-methyl/N-ethyl adjacent to an activating group) is 1. The van der Waals surface area contributed by atoms with Crippen LogP contribution in [0.5, 0.6) is 0 Å². The van der Waals surface area contributed by atoms with E-state index in [0.29, 0.717) is 13.0 Å². The molecule has 0 bridgehead atoms. The minimum Gasteiger partial charge on any atom is -0.468 e. The van der Waals surface area contributed by atoms with E-state index in [1.54, 1.807) is 6.92 Å². The Balaban J connectivity index is 4.30. The molecule has 0 spiro atoms. The molecule has 0 aromatic heterocycles. The van der Waals surface area contributed by atoms with Gasteiger partial charge in [0.1, 0.15) is 6.04 Å². The van der Waals surface area contributed by atoms with E-state index in [4.69, 9.17) is 4.74 Å². The highest BCUT2D eigenvalue weighted by atomic mass is 16.5. The topological polar surface area (TPSA) is 67.4 Å². The Hall–Kier alpha value is -1.10. The van der Waals surface area contributed by atoms with Gasteiger partial charge in [0.25, 0.3) is 0 Å². The fraction of sp³-hybridized carbons (Fsp3) is 0.833. The smallest absolute Gasteiger partial charge is 0.322 e. The summed E-state index contributed by atoms with van der Waals surface area (Å²) in [6.07, 6.45) is 2.62. The zero-order valence-corrected chi connectivity index (χ0v) is 11.2. The van der Waals surface area contributed by atoms with E-state index in [1.807, 2.05) is 6.92 Å². The van der Waals surface area contributed by atoms with Crippen molar-refractivity contribution in [2.24, 2.45) is 0 Å². The molecule has 0 aromatic rings. The third-order valence-corrected chi connectivity index (χ3v) is 2.53. The first kappa shape index (κ1) is 15.9. The van der Waals surface area contributed by atoms with Crippen LogP contribution in [0.15, 0.2) is 0 Å². The first-order chi connectivity index (χ1) is 8.06. The first-order valence-electron chi connectivity index (χ1n) is 6.18. The quantitative estimate of drug-likeness (QED) is 0.621. The van der Waals surface area contributed by atoms with E-state index in [9.17, 15) is 9.59 Å². The van der Waals surface area contributed by atoms with Crippen LogP contribution < -0.4 is 10.6 Å². The Labute approximate surface area is 103 Å². The molecule has 17 heavy (non-hydrogen) atoms. The zero-order valence-electron chi connectivity index (χ0n) is 11.2. The number of amides is 1. The number of ether oxygens (including phenoxy) is 1. The van der Waals surface area contributed by atoms with Gasteiger partial charge in [-0.25, -0.2) is 0 Å². The predicted octanol–water partition coefficient (Wildman–Crippen LogP) is 0.832. The van der Waals surface area contributed by atoms with Gasteiger partial charge in [-0.3, -0.25) is 14.9 Å². The molecule has 0 radical (unpaired) electrons. The number of carbonyl (C=O) groups excluding carboxylic acids is 2. The fourth-order valence-corrected chi connectivity index (χ4v) is 1.52. The molecule has 2 atom stereocenters. The van der Waals surface area contributed by atoms with Crippen LogP contribution in [-0.2, 0) is 14.3 Å². The van der Waals surface area contributed by atoms with Gasteiger partial charge in [0.15, 0.2) is 0 Å². The highest BCUT2D eigenvalue weighted by Gasteiger charge is 2.23. The summed E-state index contributed by atoms with van der Waals surface area (Å²) in [5.74, 6) is -0.410. The molecule has 2 N–H and O–H groups in total. The van der Waals surface area contributed by atoms with Crippen molar-refractivity contribution in [2.75, 3.05) is 13.7 Å². The van der Waals surface area contributed by atoms with Crippen LogP contribution >= 0.6 is 0 Å². The Morgan fingerprint density at radius 2 is 1.94 bits per heavy atom. The average molecular weight is 244 g/mol. The van der Waals surface area contributed by atoms with Gasteiger partial charge in [-0.15, -0.1) is 0 Å². The van der Waals surface area contributed by atoms with Crippen LogP contribution in [-0.4, -0.2) is 37.6 Å². The summed E-state index contributed by atoms with van der Waals surface area (Å²) >= 11 is 0. The second-order valence-electron chi connectivity index (χ2n) is 4.00. The molecular formula is C12H24N2O3. The first-order valence-corrected chi connectivity index (χ1v) is 6.18. The van der Waals surface area contributed by atoms with Crippen LogP contribution in [0.3, 0.4) is 0 Å². The predicted molar refractivity (Wildman–Crippen MR) is 66.6 cm³/mol. The van der Waals surface area contributed by atoms with Gasteiger partial charge in [-0.2, -0.15) is 0 Å². The van der Waals surface area contributed by atoms with Crippen LogP contribution in [0, 0.1) is 0 Å². The van der Waals surface area contributed by atoms with E-state index in [2.05, 4.69) is 17.6 Å². The van der Waals surface area contributed by atoms with Gasteiger partial charge < -0.3 is 10.1 Å². The number of unbranched alkanes of at least 4 members (excludes halogenated alkanes) is 1. The third-order valence-electron chi connectivity index (χ3n) is 2.53. The molecule has 1 amide bonds. The van der Waals surface area contributed by atoms with Crippen LogP contribution in [0.2, 0.25) is 0 Å². The van der Waals surface area contributed by atoms with Gasteiger partial charge in [0, 0.05) is 6.54 Å². The number of hydrogen-bond donors (Lipinski definition) is 2. The lowest BCUT2D eigenvalue weighted by molar-refractivity contribution is -0.143. The van der Waals surface area contributed by atoms with Crippen molar-refractivity contribution in [3.05, 3.63) is 0 Å². The van der Waals surface area contributed by atoms with E-state index >= 15 is 0 Å². The van der Waals surface area contributed by atoms with Crippen LogP contribution in [0.4, 0.5) is 0 Å². The molecule has 0 saturated heterocycles.